The van der Waals surface area contributed by atoms with E-state index < -0.39 is 12.3 Å². The molecular formula is C14H14BrF3O. The van der Waals surface area contributed by atoms with Gasteiger partial charge in [-0.25, -0.2) is 0 Å². The molecule has 1 aliphatic heterocycles. The molecule has 1 heterocycles. The van der Waals surface area contributed by atoms with Gasteiger partial charge in [-0.15, -0.1) is 0 Å². The number of hydrogen-bond acceptors (Lipinski definition) is 1. The molecule has 0 N–H and O–H groups in total. The maximum atomic E-state index is 12.7. The molecule has 0 amide bonds. The Morgan fingerprint density at radius 1 is 1.16 bits per heavy atom. The van der Waals surface area contributed by atoms with Crippen LogP contribution in [-0.2, 0) is 5.41 Å². The Morgan fingerprint density at radius 2 is 1.79 bits per heavy atom. The Kier molecular flexibility index (Phi) is 3.45. The monoisotopic (exact) mass is 334 g/mol. The van der Waals surface area contributed by atoms with Crippen molar-refractivity contribution in [2.24, 2.45) is 0 Å². The lowest BCUT2D eigenvalue weighted by Gasteiger charge is -2.27. The van der Waals surface area contributed by atoms with Crippen molar-refractivity contribution >= 4 is 22.0 Å². The molecule has 0 fully saturated rings. The molecule has 104 valence electrons. The molecule has 0 aromatic heterocycles. The van der Waals surface area contributed by atoms with Crippen molar-refractivity contribution in [2.45, 2.75) is 38.5 Å². The first-order valence-electron chi connectivity index (χ1n) is 5.84. The smallest absolute Gasteiger partial charge is 0.429 e. The predicted molar refractivity (Wildman–Crippen MR) is 72.3 cm³/mol. The van der Waals surface area contributed by atoms with E-state index in [1.54, 1.807) is 12.1 Å². The highest BCUT2D eigenvalue weighted by atomic mass is 79.9. The average Bonchev–Trinajstić information content (AvgIpc) is 2.24. The first-order chi connectivity index (χ1) is 8.59. The molecule has 1 unspecified atom stereocenters. The second-order valence-corrected chi connectivity index (χ2v) is 6.41. The average molecular weight is 335 g/mol. The Bertz CT molecular complexity index is 527. The molecule has 5 heteroatoms. The quantitative estimate of drug-likeness (QED) is 0.642. The third-order valence-corrected chi connectivity index (χ3v) is 3.59. The summed E-state index contributed by atoms with van der Waals surface area (Å²) < 4.78 is 43.9. The normalized spacial score (nSPS) is 19.0. The minimum atomic E-state index is -4.39. The lowest BCUT2D eigenvalue weighted by atomic mass is 9.86. The topological polar surface area (TPSA) is 9.23 Å². The minimum absolute atomic E-state index is 0.174. The maximum Gasteiger partial charge on any atom is 0.429 e. The number of benzene rings is 1. The summed E-state index contributed by atoms with van der Waals surface area (Å²) >= 11 is 3.45. The van der Waals surface area contributed by atoms with Crippen molar-refractivity contribution in [3.63, 3.8) is 0 Å². The van der Waals surface area contributed by atoms with Crippen molar-refractivity contribution in [3.05, 3.63) is 33.8 Å². The Labute approximate surface area is 118 Å². The lowest BCUT2D eigenvalue weighted by Crippen LogP contribution is -2.34. The van der Waals surface area contributed by atoms with E-state index in [9.17, 15) is 13.2 Å². The molecule has 1 atom stereocenters. The molecule has 1 aromatic carbocycles. The van der Waals surface area contributed by atoms with Gasteiger partial charge in [-0.05, 0) is 29.2 Å². The van der Waals surface area contributed by atoms with Gasteiger partial charge in [0.1, 0.15) is 5.75 Å². The van der Waals surface area contributed by atoms with Crippen molar-refractivity contribution in [1.82, 2.24) is 0 Å². The standard InChI is InChI=1S/C14H14BrF3O/c1-13(2,3)9-7-11-8(6-10(9)15)4-5-12(19-11)14(16,17)18/h4-7,12H,1-3H3. The summed E-state index contributed by atoms with van der Waals surface area (Å²) in [6, 6.07) is 3.47. The third-order valence-electron chi connectivity index (χ3n) is 2.93. The van der Waals surface area contributed by atoms with E-state index in [4.69, 9.17) is 4.74 Å². The van der Waals surface area contributed by atoms with Crippen LogP contribution in [0.5, 0.6) is 5.75 Å². The van der Waals surface area contributed by atoms with Gasteiger partial charge >= 0.3 is 6.18 Å². The van der Waals surface area contributed by atoms with Gasteiger partial charge < -0.3 is 4.74 Å². The first-order valence-corrected chi connectivity index (χ1v) is 6.64. The van der Waals surface area contributed by atoms with Gasteiger partial charge in [0.25, 0.3) is 0 Å². The molecule has 0 radical (unpaired) electrons. The summed E-state index contributed by atoms with van der Waals surface area (Å²) in [4.78, 5) is 0. The molecule has 0 spiro atoms. The van der Waals surface area contributed by atoms with Crippen molar-refractivity contribution in [2.75, 3.05) is 0 Å². The van der Waals surface area contributed by atoms with E-state index in [2.05, 4.69) is 15.9 Å². The number of fused-ring (bicyclic) bond motifs is 1. The van der Waals surface area contributed by atoms with Gasteiger partial charge in [-0.3, -0.25) is 0 Å². The maximum absolute atomic E-state index is 12.7. The fourth-order valence-electron chi connectivity index (χ4n) is 1.92. The van der Waals surface area contributed by atoms with E-state index >= 15 is 0 Å². The SMILES string of the molecule is CC(C)(C)c1cc2c(cc1Br)C=CC(C(F)(F)F)O2. The summed E-state index contributed by atoms with van der Waals surface area (Å²) in [5.74, 6) is 0.276. The second-order valence-electron chi connectivity index (χ2n) is 5.56. The molecule has 1 nitrogen and oxygen atoms in total. The molecule has 19 heavy (non-hydrogen) atoms. The molecule has 1 aliphatic rings. The fraction of sp³-hybridized carbons (Fsp3) is 0.429. The van der Waals surface area contributed by atoms with Crippen molar-refractivity contribution in [3.8, 4) is 5.75 Å². The van der Waals surface area contributed by atoms with Gasteiger partial charge in [0.2, 0.25) is 6.10 Å². The van der Waals surface area contributed by atoms with Gasteiger partial charge in [-0.1, -0.05) is 42.8 Å². The first kappa shape index (κ1) is 14.4. The Hall–Kier alpha value is -0.970. The zero-order chi connectivity index (χ0) is 14.4. The van der Waals surface area contributed by atoms with E-state index in [1.807, 2.05) is 20.8 Å². The van der Waals surface area contributed by atoms with Crippen molar-refractivity contribution < 1.29 is 17.9 Å². The van der Waals surface area contributed by atoms with E-state index in [1.165, 1.54) is 6.08 Å². The summed E-state index contributed by atoms with van der Waals surface area (Å²) in [6.07, 6.45) is -3.77. The molecule has 0 bridgehead atoms. The van der Waals surface area contributed by atoms with Gasteiger partial charge in [0, 0.05) is 10.0 Å². The Morgan fingerprint density at radius 3 is 2.32 bits per heavy atom. The van der Waals surface area contributed by atoms with Gasteiger partial charge in [-0.2, -0.15) is 13.2 Å². The minimum Gasteiger partial charge on any atom is -0.476 e. The van der Waals surface area contributed by atoms with E-state index in [0.717, 1.165) is 16.1 Å². The second kappa shape index (κ2) is 4.54. The molecule has 1 aromatic rings. The van der Waals surface area contributed by atoms with E-state index in [-0.39, 0.29) is 11.2 Å². The number of alkyl halides is 3. The highest BCUT2D eigenvalue weighted by Gasteiger charge is 2.41. The van der Waals surface area contributed by atoms with Gasteiger partial charge in [0.15, 0.2) is 0 Å². The largest absolute Gasteiger partial charge is 0.476 e. The highest BCUT2D eigenvalue weighted by Crippen LogP contribution is 2.39. The number of rotatable bonds is 0. The van der Waals surface area contributed by atoms with Crippen LogP contribution in [0.15, 0.2) is 22.7 Å². The zero-order valence-electron chi connectivity index (χ0n) is 10.8. The molecule has 0 saturated heterocycles. The van der Waals surface area contributed by atoms with Crippen molar-refractivity contribution in [1.29, 1.82) is 0 Å². The van der Waals surface area contributed by atoms with Gasteiger partial charge in [0.05, 0.1) is 0 Å². The third kappa shape index (κ3) is 2.96. The Balaban J connectivity index is 2.45. The van der Waals surface area contributed by atoms with Crippen LogP contribution in [0.2, 0.25) is 0 Å². The van der Waals surface area contributed by atoms with Crippen LogP contribution < -0.4 is 4.74 Å². The number of halogens is 4. The lowest BCUT2D eigenvalue weighted by molar-refractivity contribution is -0.180. The molecule has 0 aliphatic carbocycles. The van der Waals surface area contributed by atoms with Crippen LogP contribution in [0.4, 0.5) is 13.2 Å². The zero-order valence-corrected chi connectivity index (χ0v) is 12.4. The molecular weight excluding hydrogens is 321 g/mol. The summed E-state index contributed by atoms with van der Waals surface area (Å²) in [5, 5.41) is 0. The number of hydrogen-bond donors (Lipinski definition) is 0. The van der Waals surface area contributed by atoms with Crippen LogP contribution in [0.3, 0.4) is 0 Å². The predicted octanol–water partition coefficient (Wildman–Crippen LogP) is 5.08. The van der Waals surface area contributed by atoms with Crippen LogP contribution in [0, 0.1) is 0 Å². The van der Waals surface area contributed by atoms with Crippen LogP contribution in [-0.4, -0.2) is 12.3 Å². The highest BCUT2D eigenvalue weighted by molar-refractivity contribution is 9.10. The van der Waals surface area contributed by atoms with Crippen LogP contribution in [0.25, 0.3) is 6.08 Å². The number of ether oxygens (including phenoxy) is 1. The van der Waals surface area contributed by atoms with Crippen LogP contribution >= 0.6 is 15.9 Å². The van der Waals surface area contributed by atoms with E-state index in [0.29, 0.717) is 5.56 Å². The molecule has 0 saturated carbocycles. The fourth-order valence-corrected chi connectivity index (χ4v) is 2.87. The van der Waals surface area contributed by atoms with Crippen LogP contribution in [0.1, 0.15) is 31.9 Å². The molecule has 2 rings (SSSR count). The summed E-state index contributed by atoms with van der Waals surface area (Å²) in [5.41, 5.74) is 1.40. The summed E-state index contributed by atoms with van der Waals surface area (Å²) in [7, 11) is 0. The summed E-state index contributed by atoms with van der Waals surface area (Å²) in [6.45, 7) is 6.00.